The first kappa shape index (κ1) is 13.6. The van der Waals surface area contributed by atoms with Gasteiger partial charge in [0, 0.05) is 23.0 Å². The summed E-state index contributed by atoms with van der Waals surface area (Å²) in [5.41, 5.74) is 2.68. The second-order valence-corrected chi connectivity index (χ2v) is 6.05. The summed E-state index contributed by atoms with van der Waals surface area (Å²) in [5.74, 6) is 0.288. The Morgan fingerprint density at radius 2 is 2.06 bits per heavy atom. The van der Waals surface area contributed by atoms with Crippen molar-refractivity contribution in [1.82, 2.24) is 5.32 Å². The number of rotatable bonds is 3. The average molecular weight is 307 g/mol. The van der Waals surface area contributed by atoms with Gasteiger partial charge in [-0.15, -0.1) is 0 Å². The van der Waals surface area contributed by atoms with Crippen molar-refractivity contribution in [2.45, 2.75) is 45.2 Å². The number of nitrogens with one attached hydrogen (secondary N) is 1. The van der Waals surface area contributed by atoms with Gasteiger partial charge in [-0.3, -0.25) is 0 Å². The largest absolute Gasteiger partial charge is 0.310 e. The summed E-state index contributed by atoms with van der Waals surface area (Å²) >= 11 is 3.52. The van der Waals surface area contributed by atoms with Crippen LogP contribution < -0.4 is 5.32 Å². The first-order valence-corrected chi connectivity index (χ1v) is 7.36. The van der Waals surface area contributed by atoms with E-state index < -0.39 is 0 Å². The molecule has 0 heterocycles. The van der Waals surface area contributed by atoms with Crippen molar-refractivity contribution in [2.24, 2.45) is 5.92 Å². The Morgan fingerprint density at radius 1 is 1.33 bits per heavy atom. The molecule has 1 aliphatic rings. The van der Waals surface area contributed by atoms with Crippen LogP contribution in [0.1, 0.15) is 36.8 Å². The minimum atomic E-state index is 0.288. The smallest absolute Gasteiger partial charge is 0.0655 e. The maximum absolute atomic E-state index is 8.88. The number of nitriles is 1. The molecule has 0 unspecified atom stereocenters. The molecule has 18 heavy (non-hydrogen) atoms. The Bertz CT molecular complexity index is 442. The third-order valence-corrected chi connectivity index (χ3v) is 4.30. The lowest BCUT2D eigenvalue weighted by Crippen LogP contribution is -2.32. The zero-order valence-corrected chi connectivity index (χ0v) is 12.3. The third kappa shape index (κ3) is 3.57. The van der Waals surface area contributed by atoms with Crippen LogP contribution in [0.25, 0.3) is 0 Å². The van der Waals surface area contributed by atoms with Gasteiger partial charge in [-0.1, -0.05) is 22.0 Å². The number of halogens is 1. The van der Waals surface area contributed by atoms with Gasteiger partial charge in [0.15, 0.2) is 0 Å². The fourth-order valence-corrected chi connectivity index (χ4v) is 2.92. The van der Waals surface area contributed by atoms with Crippen LogP contribution >= 0.6 is 15.9 Å². The summed E-state index contributed by atoms with van der Waals surface area (Å²) in [5, 5.41) is 12.5. The molecular formula is C15H19BrN2. The van der Waals surface area contributed by atoms with Crippen LogP contribution in [0.2, 0.25) is 0 Å². The molecule has 0 spiro atoms. The van der Waals surface area contributed by atoms with Gasteiger partial charge in [0.2, 0.25) is 0 Å². The molecule has 1 N–H and O–H groups in total. The summed E-state index contributed by atoms with van der Waals surface area (Å²) in [4.78, 5) is 0. The standard InChI is InChI=1S/C15H19BrN2/c1-11-2-5-14(16)8-13(11)10-18-15-6-3-12(9-17)4-7-15/h2,5,8,12,15,18H,3-4,6-7,10H2,1H3. The highest BCUT2D eigenvalue weighted by Gasteiger charge is 2.20. The molecule has 1 aromatic rings. The normalized spacial score (nSPS) is 23.6. The van der Waals surface area contributed by atoms with Gasteiger partial charge in [0.1, 0.15) is 0 Å². The van der Waals surface area contributed by atoms with Gasteiger partial charge in [-0.05, 0) is 55.9 Å². The van der Waals surface area contributed by atoms with Crippen LogP contribution in [0.15, 0.2) is 22.7 Å². The van der Waals surface area contributed by atoms with Crippen molar-refractivity contribution >= 4 is 15.9 Å². The third-order valence-electron chi connectivity index (χ3n) is 3.80. The molecule has 0 bridgehead atoms. The predicted octanol–water partition coefficient (Wildman–Crippen LogP) is 3.93. The fourth-order valence-electron chi connectivity index (χ4n) is 2.51. The monoisotopic (exact) mass is 306 g/mol. The van der Waals surface area contributed by atoms with E-state index >= 15 is 0 Å². The van der Waals surface area contributed by atoms with E-state index in [9.17, 15) is 0 Å². The topological polar surface area (TPSA) is 35.8 Å². The number of hydrogen-bond acceptors (Lipinski definition) is 2. The Balaban J connectivity index is 1.85. The molecule has 1 fully saturated rings. The second-order valence-electron chi connectivity index (χ2n) is 5.13. The van der Waals surface area contributed by atoms with Gasteiger partial charge in [-0.2, -0.15) is 5.26 Å². The molecule has 2 rings (SSSR count). The molecule has 0 saturated heterocycles. The Labute approximate surface area is 118 Å². The molecule has 1 aromatic carbocycles. The molecule has 2 nitrogen and oxygen atoms in total. The van der Waals surface area contributed by atoms with Crippen molar-refractivity contribution < 1.29 is 0 Å². The summed E-state index contributed by atoms with van der Waals surface area (Å²) in [6, 6.07) is 9.37. The lowest BCUT2D eigenvalue weighted by Gasteiger charge is -2.26. The maximum Gasteiger partial charge on any atom is 0.0655 e. The van der Waals surface area contributed by atoms with E-state index in [4.69, 9.17) is 5.26 Å². The SMILES string of the molecule is Cc1ccc(Br)cc1CNC1CCC(C#N)CC1. The van der Waals surface area contributed by atoms with E-state index in [0.29, 0.717) is 6.04 Å². The Morgan fingerprint density at radius 3 is 2.72 bits per heavy atom. The molecule has 1 aliphatic carbocycles. The number of nitrogens with zero attached hydrogens (tertiary/aromatic N) is 1. The molecule has 0 amide bonds. The molecule has 0 atom stereocenters. The van der Waals surface area contributed by atoms with E-state index in [2.05, 4.69) is 52.4 Å². The van der Waals surface area contributed by atoms with Crippen molar-refractivity contribution in [3.63, 3.8) is 0 Å². The minimum Gasteiger partial charge on any atom is -0.310 e. The second kappa shape index (κ2) is 6.36. The van der Waals surface area contributed by atoms with E-state index in [1.807, 2.05) is 0 Å². The van der Waals surface area contributed by atoms with E-state index in [0.717, 1.165) is 36.7 Å². The van der Waals surface area contributed by atoms with Gasteiger partial charge in [0.05, 0.1) is 6.07 Å². The van der Waals surface area contributed by atoms with E-state index in [1.165, 1.54) is 11.1 Å². The van der Waals surface area contributed by atoms with Crippen LogP contribution in [-0.4, -0.2) is 6.04 Å². The first-order chi connectivity index (χ1) is 8.69. The van der Waals surface area contributed by atoms with Gasteiger partial charge in [0.25, 0.3) is 0 Å². The van der Waals surface area contributed by atoms with Crippen molar-refractivity contribution in [1.29, 1.82) is 5.26 Å². The van der Waals surface area contributed by atoms with E-state index in [-0.39, 0.29) is 5.92 Å². The first-order valence-electron chi connectivity index (χ1n) is 6.57. The Kier molecular flexibility index (Phi) is 4.79. The maximum atomic E-state index is 8.88. The molecule has 1 saturated carbocycles. The molecular weight excluding hydrogens is 288 g/mol. The summed E-state index contributed by atoms with van der Waals surface area (Å²) in [6.07, 6.45) is 4.35. The molecule has 3 heteroatoms. The van der Waals surface area contributed by atoms with Crippen LogP contribution in [0.5, 0.6) is 0 Å². The lowest BCUT2D eigenvalue weighted by atomic mass is 9.87. The molecule has 0 aromatic heterocycles. The summed E-state index contributed by atoms with van der Waals surface area (Å²) in [6.45, 7) is 3.07. The van der Waals surface area contributed by atoms with Crippen molar-refractivity contribution in [3.05, 3.63) is 33.8 Å². The highest BCUT2D eigenvalue weighted by atomic mass is 79.9. The quantitative estimate of drug-likeness (QED) is 0.918. The number of benzene rings is 1. The number of hydrogen-bond donors (Lipinski definition) is 1. The average Bonchev–Trinajstić information content (AvgIpc) is 2.40. The van der Waals surface area contributed by atoms with E-state index in [1.54, 1.807) is 0 Å². The summed E-state index contributed by atoms with van der Waals surface area (Å²) in [7, 11) is 0. The van der Waals surface area contributed by atoms with Gasteiger partial charge < -0.3 is 5.32 Å². The van der Waals surface area contributed by atoms with Crippen LogP contribution in [0.4, 0.5) is 0 Å². The van der Waals surface area contributed by atoms with Gasteiger partial charge in [-0.25, -0.2) is 0 Å². The highest BCUT2D eigenvalue weighted by Crippen LogP contribution is 2.24. The molecule has 0 aliphatic heterocycles. The van der Waals surface area contributed by atoms with Crippen molar-refractivity contribution in [2.75, 3.05) is 0 Å². The van der Waals surface area contributed by atoms with Crippen LogP contribution in [0.3, 0.4) is 0 Å². The minimum absolute atomic E-state index is 0.288. The zero-order valence-electron chi connectivity index (χ0n) is 10.7. The lowest BCUT2D eigenvalue weighted by molar-refractivity contribution is 0.331. The molecule has 96 valence electrons. The van der Waals surface area contributed by atoms with Crippen LogP contribution in [0, 0.1) is 24.2 Å². The Hall–Kier alpha value is -0.850. The fraction of sp³-hybridized carbons (Fsp3) is 0.533. The summed E-state index contributed by atoms with van der Waals surface area (Å²) < 4.78 is 1.14. The van der Waals surface area contributed by atoms with Crippen LogP contribution in [-0.2, 0) is 6.54 Å². The van der Waals surface area contributed by atoms with Crippen molar-refractivity contribution in [3.8, 4) is 6.07 Å². The predicted molar refractivity (Wildman–Crippen MR) is 77.1 cm³/mol. The van der Waals surface area contributed by atoms with Gasteiger partial charge >= 0.3 is 0 Å². The highest BCUT2D eigenvalue weighted by molar-refractivity contribution is 9.10. The molecule has 0 radical (unpaired) electrons. The zero-order chi connectivity index (χ0) is 13.0. The number of aryl methyl sites for hydroxylation is 1.